The Morgan fingerprint density at radius 3 is 2.58 bits per heavy atom. The van der Waals surface area contributed by atoms with Crippen LogP contribution in [0.15, 0.2) is 30.6 Å². The van der Waals surface area contributed by atoms with Gasteiger partial charge in [-0.3, -0.25) is 4.90 Å². The second-order valence-corrected chi connectivity index (χ2v) is 7.33. The zero-order valence-corrected chi connectivity index (χ0v) is 14.3. The Kier molecular flexibility index (Phi) is 3.99. The highest BCUT2D eigenvalue weighted by atomic mass is 32.1. The first-order valence-corrected chi connectivity index (χ1v) is 8.95. The molecule has 1 atom stereocenters. The topological polar surface area (TPSA) is 73.9 Å². The van der Waals surface area contributed by atoms with Crippen molar-refractivity contribution in [3.8, 4) is 5.88 Å². The van der Waals surface area contributed by atoms with Gasteiger partial charge in [-0.25, -0.2) is 4.98 Å². The zero-order valence-electron chi connectivity index (χ0n) is 13.5. The molecule has 4 rings (SSSR count). The Balaban J connectivity index is 1.78. The summed E-state index contributed by atoms with van der Waals surface area (Å²) in [4.78, 5) is 8.07. The number of benzene rings is 1. The Morgan fingerprint density at radius 1 is 1.21 bits per heavy atom. The molecule has 0 unspecified atom stereocenters. The molecule has 1 aliphatic rings. The summed E-state index contributed by atoms with van der Waals surface area (Å²) in [5.41, 5.74) is 2.34. The van der Waals surface area contributed by atoms with Crippen molar-refractivity contribution < 1.29 is 10.2 Å². The molecular weight excluding hydrogens is 324 g/mol. The molecular formula is C17H20N4O2S. The number of hydrogen-bond acceptors (Lipinski definition) is 6. The van der Waals surface area contributed by atoms with Crippen molar-refractivity contribution in [1.29, 1.82) is 0 Å². The molecule has 0 amide bonds. The quantitative estimate of drug-likeness (QED) is 0.763. The molecule has 3 aromatic rings. The predicted molar refractivity (Wildman–Crippen MR) is 92.4 cm³/mol. The SMILES string of the molecule is Cc1ccc([C@@H](c2sc3ncnn3c2O)N2CCC(O)CC2)cc1. The molecule has 1 aromatic carbocycles. The molecule has 0 spiro atoms. The Bertz CT molecular complexity index is 834. The Hall–Kier alpha value is -1.96. The first-order chi connectivity index (χ1) is 11.6. The van der Waals surface area contributed by atoms with E-state index < -0.39 is 0 Å². The van der Waals surface area contributed by atoms with Gasteiger partial charge in [0.15, 0.2) is 0 Å². The van der Waals surface area contributed by atoms with Gasteiger partial charge in [0.25, 0.3) is 0 Å². The minimum atomic E-state index is -0.226. The number of aromatic nitrogens is 3. The van der Waals surface area contributed by atoms with E-state index in [1.807, 2.05) is 0 Å². The van der Waals surface area contributed by atoms with E-state index in [2.05, 4.69) is 46.2 Å². The lowest BCUT2D eigenvalue weighted by Crippen LogP contribution is -2.38. The van der Waals surface area contributed by atoms with Gasteiger partial charge in [0.2, 0.25) is 10.8 Å². The van der Waals surface area contributed by atoms with Crippen LogP contribution in [-0.2, 0) is 0 Å². The molecule has 0 radical (unpaired) electrons. The van der Waals surface area contributed by atoms with Gasteiger partial charge in [0.05, 0.1) is 17.0 Å². The van der Waals surface area contributed by atoms with Crippen molar-refractivity contribution in [3.63, 3.8) is 0 Å². The van der Waals surface area contributed by atoms with Crippen LogP contribution in [0.25, 0.3) is 4.96 Å². The minimum absolute atomic E-state index is 0.0494. The van der Waals surface area contributed by atoms with Crippen molar-refractivity contribution in [2.75, 3.05) is 13.1 Å². The van der Waals surface area contributed by atoms with Gasteiger partial charge in [-0.2, -0.15) is 9.61 Å². The van der Waals surface area contributed by atoms with E-state index in [-0.39, 0.29) is 18.0 Å². The number of nitrogens with zero attached hydrogens (tertiary/aromatic N) is 4. The molecule has 3 heterocycles. The van der Waals surface area contributed by atoms with E-state index in [1.54, 1.807) is 0 Å². The molecule has 126 valence electrons. The lowest BCUT2D eigenvalue weighted by Gasteiger charge is -2.36. The molecule has 1 fully saturated rings. The van der Waals surface area contributed by atoms with Crippen molar-refractivity contribution in [3.05, 3.63) is 46.6 Å². The van der Waals surface area contributed by atoms with Crippen LogP contribution in [0.2, 0.25) is 0 Å². The summed E-state index contributed by atoms with van der Waals surface area (Å²) in [6.07, 6.45) is 2.73. The first kappa shape index (κ1) is 15.6. The molecule has 2 aromatic heterocycles. The molecule has 1 aliphatic heterocycles. The number of likely N-dealkylation sites (tertiary alicyclic amines) is 1. The molecule has 6 nitrogen and oxygen atoms in total. The van der Waals surface area contributed by atoms with Crippen LogP contribution in [0.3, 0.4) is 0 Å². The third-order valence-corrected chi connectivity index (χ3v) is 5.73. The van der Waals surface area contributed by atoms with Crippen LogP contribution in [0.1, 0.15) is 34.9 Å². The van der Waals surface area contributed by atoms with Crippen molar-refractivity contribution in [2.24, 2.45) is 0 Å². The summed E-state index contributed by atoms with van der Waals surface area (Å²) in [7, 11) is 0. The number of rotatable bonds is 3. The normalized spacial score (nSPS) is 18.2. The minimum Gasteiger partial charge on any atom is -0.492 e. The fourth-order valence-corrected chi connectivity index (χ4v) is 4.38. The van der Waals surface area contributed by atoms with Crippen LogP contribution in [-0.4, -0.2) is 48.9 Å². The van der Waals surface area contributed by atoms with Crippen molar-refractivity contribution in [2.45, 2.75) is 31.9 Å². The first-order valence-electron chi connectivity index (χ1n) is 8.13. The zero-order chi connectivity index (χ0) is 16.7. The third kappa shape index (κ3) is 2.68. The number of aliphatic hydroxyl groups is 1. The van der Waals surface area contributed by atoms with E-state index >= 15 is 0 Å². The van der Waals surface area contributed by atoms with Gasteiger partial charge >= 0.3 is 0 Å². The highest BCUT2D eigenvalue weighted by molar-refractivity contribution is 7.17. The number of thiazole rings is 1. The van der Waals surface area contributed by atoms with E-state index in [0.29, 0.717) is 4.96 Å². The molecule has 0 saturated carbocycles. The average Bonchev–Trinajstić information content (AvgIpc) is 3.15. The molecule has 7 heteroatoms. The Labute approximate surface area is 144 Å². The van der Waals surface area contributed by atoms with Gasteiger partial charge in [-0.15, -0.1) is 0 Å². The average molecular weight is 344 g/mol. The number of aliphatic hydroxyl groups excluding tert-OH is 1. The molecule has 24 heavy (non-hydrogen) atoms. The summed E-state index contributed by atoms with van der Waals surface area (Å²) < 4.78 is 1.49. The number of piperidine rings is 1. The van der Waals surface area contributed by atoms with Gasteiger partial charge in [0.1, 0.15) is 6.33 Å². The van der Waals surface area contributed by atoms with E-state index in [4.69, 9.17) is 0 Å². The maximum atomic E-state index is 10.6. The maximum absolute atomic E-state index is 10.6. The summed E-state index contributed by atoms with van der Waals surface area (Å²) >= 11 is 1.47. The van der Waals surface area contributed by atoms with Gasteiger partial charge in [0, 0.05) is 13.1 Å². The highest BCUT2D eigenvalue weighted by Crippen LogP contribution is 2.40. The number of aromatic hydroxyl groups is 1. The molecule has 0 bridgehead atoms. The molecule has 0 aliphatic carbocycles. The summed E-state index contributed by atoms with van der Waals surface area (Å²) in [6.45, 7) is 3.66. The standard InChI is InChI=1S/C17H20N4O2S/c1-11-2-4-12(5-3-11)14(20-8-6-13(22)7-9-20)15-16(23)21-17(24-15)18-10-19-21/h2-5,10,13-14,22-23H,6-9H2,1H3/t14-/m0/s1. The number of hydrogen-bond donors (Lipinski definition) is 2. The van der Waals surface area contributed by atoms with E-state index in [1.165, 1.54) is 27.7 Å². The lowest BCUT2D eigenvalue weighted by atomic mass is 9.98. The summed E-state index contributed by atoms with van der Waals surface area (Å²) in [5.74, 6) is 0.157. The fraction of sp³-hybridized carbons (Fsp3) is 0.412. The summed E-state index contributed by atoms with van der Waals surface area (Å²) in [5, 5.41) is 24.6. The van der Waals surface area contributed by atoms with Gasteiger partial charge in [-0.1, -0.05) is 41.2 Å². The monoisotopic (exact) mass is 344 g/mol. The molecule has 2 N–H and O–H groups in total. The fourth-order valence-electron chi connectivity index (χ4n) is 3.29. The Morgan fingerprint density at radius 2 is 1.92 bits per heavy atom. The third-order valence-electron chi connectivity index (χ3n) is 4.64. The van der Waals surface area contributed by atoms with Crippen LogP contribution >= 0.6 is 11.3 Å². The second kappa shape index (κ2) is 6.16. The van der Waals surface area contributed by atoms with E-state index in [0.717, 1.165) is 36.4 Å². The van der Waals surface area contributed by atoms with Crippen LogP contribution in [0, 0.1) is 6.92 Å². The predicted octanol–water partition coefficient (Wildman–Crippen LogP) is 2.35. The van der Waals surface area contributed by atoms with Crippen molar-refractivity contribution >= 4 is 16.3 Å². The van der Waals surface area contributed by atoms with Crippen molar-refractivity contribution in [1.82, 2.24) is 19.5 Å². The van der Waals surface area contributed by atoms with E-state index in [9.17, 15) is 10.2 Å². The second-order valence-electron chi connectivity index (χ2n) is 6.32. The van der Waals surface area contributed by atoms with Crippen LogP contribution in [0.4, 0.5) is 0 Å². The van der Waals surface area contributed by atoms with Crippen LogP contribution < -0.4 is 0 Å². The van der Waals surface area contributed by atoms with Gasteiger partial charge in [-0.05, 0) is 25.3 Å². The smallest absolute Gasteiger partial charge is 0.230 e. The maximum Gasteiger partial charge on any atom is 0.230 e. The highest BCUT2D eigenvalue weighted by Gasteiger charge is 2.31. The van der Waals surface area contributed by atoms with Crippen LogP contribution in [0.5, 0.6) is 5.88 Å². The molecule has 1 saturated heterocycles. The van der Waals surface area contributed by atoms with Gasteiger partial charge < -0.3 is 10.2 Å². The summed E-state index contributed by atoms with van der Waals surface area (Å²) in [6, 6.07) is 8.36. The number of fused-ring (bicyclic) bond motifs is 1. The lowest BCUT2D eigenvalue weighted by molar-refractivity contribution is 0.0689. The number of aryl methyl sites for hydroxylation is 1. The largest absolute Gasteiger partial charge is 0.492 e.